The maximum atomic E-state index is 11.8. The fourth-order valence-corrected chi connectivity index (χ4v) is 4.49. The van der Waals surface area contributed by atoms with Gasteiger partial charge in [0.1, 0.15) is 11.6 Å². The Morgan fingerprint density at radius 2 is 1.85 bits per heavy atom. The molecule has 33 heavy (non-hydrogen) atoms. The molecule has 2 heterocycles. The second-order valence-electron chi connectivity index (χ2n) is 9.02. The monoisotopic (exact) mass is 450 g/mol. The van der Waals surface area contributed by atoms with Gasteiger partial charge >= 0.3 is 5.97 Å². The summed E-state index contributed by atoms with van der Waals surface area (Å²) in [5.74, 6) is -0.130. The zero-order valence-electron chi connectivity index (χ0n) is 19.2. The number of carboxylic acid groups (broad SMARTS) is 1. The van der Waals surface area contributed by atoms with Crippen LogP contribution >= 0.6 is 0 Å². The van der Waals surface area contributed by atoms with Crippen LogP contribution in [0.5, 0.6) is 5.75 Å². The van der Waals surface area contributed by atoms with Crippen LogP contribution in [0.15, 0.2) is 36.4 Å². The summed E-state index contributed by atoms with van der Waals surface area (Å²) in [5, 5.41) is 21.8. The van der Waals surface area contributed by atoms with Crippen molar-refractivity contribution in [1.29, 1.82) is 5.41 Å². The van der Waals surface area contributed by atoms with Gasteiger partial charge in [0.2, 0.25) is 0 Å². The predicted octanol–water partition coefficient (Wildman–Crippen LogP) is 5.34. The second kappa shape index (κ2) is 11.3. The minimum absolute atomic E-state index is 0.0823. The first-order chi connectivity index (χ1) is 16.1. The van der Waals surface area contributed by atoms with Gasteiger partial charge in [0.25, 0.3) is 0 Å². The van der Waals surface area contributed by atoms with E-state index < -0.39 is 5.97 Å². The summed E-state index contributed by atoms with van der Waals surface area (Å²) in [7, 11) is 0. The minimum Gasteiger partial charge on any atom is -0.493 e. The quantitative estimate of drug-likeness (QED) is 0.334. The number of carbonyl (C=O) groups is 1. The van der Waals surface area contributed by atoms with Gasteiger partial charge in [0.05, 0.1) is 12.2 Å². The lowest BCUT2D eigenvalue weighted by molar-refractivity contribution is 0.0690. The second-order valence-corrected chi connectivity index (χ2v) is 9.02. The number of pyridine rings is 1. The maximum absolute atomic E-state index is 11.8. The molecule has 0 bridgehead atoms. The molecule has 1 saturated heterocycles. The van der Waals surface area contributed by atoms with E-state index in [9.17, 15) is 9.90 Å². The van der Waals surface area contributed by atoms with E-state index in [1.165, 1.54) is 31.7 Å². The van der Waals surface area contributed by atoms with Gasteiger partial charge in [0, 0.05) is 29.9 Å². The van der Waals surface area contributed by atoms with E-state index in [2.05, 4.69) is 15.2 Å². The Balaban J connectivity index is 1.56. The van der Waals surface area contributed by atoms with Gasteiger partial charge in [0.15, 0.2) is 5.69 Å². The van der Waals surface area contributed by atoms with Crippen molar-refractivity contribution < 1.29 is 14.6 Å². The van der Waals surface area contributed by atoms with Crippen molar-refractivity contribution in [3.63, 3.8) is 0 Å². The number of anilines is 2. The number of benzene rings is 1. The number of hydrogen-bond donors (Lipinski definition) is 3. The van der Waals surface area contributed by atoms with Crippen molar-refractivity contribution in [2.75, 3.05) is 31.6 Å². The molecule has 1 aromatic heterocycles. The Kier molecular flexibility index (Phi) is 7.94. The van der Waals surface area contributed by atoms with Crippen LogP contribution in [0, 0.1) is 11.3 Å². The number of para-hydroxylation sites is 1. The first-order valence-electron chi connectivity index (χ1n) is 12.2. The van der Waals surface area contributed by atoms with Crippen LogP contribution in [0.3, 0.4) is 0 Å². The third kappa shape index (κ3) is 6.11. The molecule has 0 atom stereocenters. The Hall–Kier alpha value is -2.93. The summed E-state index contributed by atoms with van der Waals surface area (Å²) in [6, 6.07) is 11.0. The summed E-state index contributed by atoms with van der Waals surface area (Å²) in [6.45, 7) is 3.74. The zero-order chi connectivity index (χ0) is 23.0. The molecule has 2 fully saturated rings. The van der Waals surface area contributed by atoms with E-state index in [4.69, 9.17) is 10.1 Å². The lowest BCUT2D eigenvalue weighted by Gasteiger charge is -2.28. The standard InChI is InChI=1S/C26H34N4O3/c27-24(19-10-8-11-19)23-22(33-17-9-16-30-14-6-1-2-7-15-30)18-21(26(31)32)29-25(23)28-20-12-4-3-5-13-20/h3-5,12-13,18-19,27H,1-2,6-11,14-17H2,(H,28,29)(H,31,32). The van der Waals surface area contributed by atoms with E-state index in [0.29, 0.717) is 29.4 Å². The molecular formula is C26H34N4O3. The molecule has 0 spiro atoms. The third-order valence-corrected chi connectivity index (χ3v) is 6.60. The molecule has 4 rings (SSSR count). The Morgan fingerprint density at radius 1 is 1.12 bits per heavy atom. The highest BCUT2D eigenvalue weighted by Gasteiger charge is 2.29. The first kappa shape index (κ1) is 23.2. The molecular weight excluding hydrogens is 416 g/mol. The smallest absolute Gasteiger partial charge is 0.354 e. The average molecular weight is 451 g/mol. The number of nitrogens with zero attached hydrogens (tertiary/aromatic N) is 2. The van der Waals surface area contributed by atoms with Gasteiger partial charge < -0.3 is 25.5 Å². The summed E-state index contributed by atoms with van der Waals surface area (Å²) < 4.78 is 6.16. The SMILES string of the molecule is N=C(c1c(OCCCN2CCCCCC2)cc(C(=O)O)nc1Nc1ccccc1)C1CCC1. The van der Waals surface area contributed by atoms with Crippen molar-refractivity contribution in [3.8, 4) is 5.75 Å². The van der Waals surface area contributed by atoms with Crippen LogP contribution in [0.4, 0.5) is 11.5 Å². The zero-order valence-corrected chi connectivity index (χ0v) is 19.2. The molecule has 7 nitrogen and oxygen atoms in total. The Morgan fingerprint density at radius 3 is 2.48 bits per heavy atom. The van der Waals surface area contributed by atoms with Crippen LogP contribution in [-0.2, 0) is 0 Å². The molecule has 1 aliphatic heterocycles. The van der Waals surface area contributed by atoms with E-state index >= 15 is 0 Å². The van der Waals surface area contributed by atoms with Crippen LogP contribution in [-0.4, -0.2) is 52.9 Å². The van der Waals surface area contributed by atoms with E-state index in [0.717, 1.165) is 51.0 Å². The van der Waals surface area contributed by atoms with Gasteiger partial charge in [-0.15, -0.1) is 0 Å². The summed E-state index contributed by atoms with van der Waals surface area (Å²) in [5.41, 5.74) is 1.78. The molecule has 1 aliphatic carbocycles. The van der Waals surface area contributed by atoms with Gasteiger partial charge in [-0.1, -0.05) is 37.5 Å². The fourth-order valence-electron chi connectivity index (χ4n) is 4.49. The van der Waals surface area contributed by atoms with Gasteiger partial charge in [-0.25, -0.2) is 9.78 Å². The molecule has 1 aromatic carbocycles. The molecule has 0 amide bonds. The van der Waals surface area contributed by atoms with E-state index in [1.54, 1.807) is 0 Å². The topological polar surface area (TPSA) is 98.5 Å². The molecule has 7 heteroatoms. The third-order valence-electron chi connectivity index (χ3n) is 6.60. The number of hydrogen-bond acceptors (Lipinski definition) is 6. The van der Waals surface area contributed by atoms with Crippen molar-refractivity contribution in [2.45, 2.75) is 51.4 Å². The molecule has 0 unspecified atom stereocenters. The molecule has 2 aliphatic rings. The summed E-state index contributed by atoms with van der Waals surface area (Å²) in [4.78, 5) is 18.7. The lowest BCUT2D eigenvalue weighted by atomic mass is 9.79. The number of rotatable bonds is 10. The molecule has 3 N–H and O–H groups in total. The van der Waals surface area contributed by atoms with E-state index in [-0.39, 0.29) is 11.6 Å². The van der Waals surface area contributed by atoms with Crippen molar-refractivity contribution >= 4 is 23.2 Å². The summed E-state index contributed by atoms with van der Waals surface area (Å²) in [6.07, 6.45) is 9.05. The average Bonchev–Trinajstić information content (AvgIpc) is 3.05. The highest BCUT2D eigenvalue weighted by molar-refractivity contribution is 6.07. The highest BCUT2D eigenvalue weighted by atomic mass is 16.5. The van der Waals surface area contributed by atoms with Crippen LogP contribution < -0.4 is 10.1 Å². The van der Waals surface area contributed by atoms with E-state index in [1.807, 2.05) is 30.3 Å². The molecule has 2 aromatic rings. The lowest BCUT2D eigenvalue weighted by Crippen LogP contribution is -2.27. The Labute approximate surface area is 195 Å². The number of nitrogens with one attached hydrogen (secondary N) is 2. The number of carboxylic acids is 1. The number of ether oxygens (including phenoxy) is 1. The number of likely N-dealkylation sites (tertiary alicyclic amines) is 1. The van der Waals surface area contributed by atoms with Gasteiger partial charge in [-0.05, 0) is 57.3 Å². The first-order valence-corrected chi connectivity index (χ1v) is 12.2. The van der Waals surface area contributed by atoms with Crippen LogP contribution in [0.25, 0.3) is 0 Å². The van der Waals surface area contributed by atoms with Crippen LogP contribution in [0.1, 0.15) is 67.4 Å². The normalized spacial score (nSPS) is 17.1. The maximum Gasteiger partial charge on any atom is 0.354 e. The number of aromatic nitrogens is 1. The largest absolute Gasteiger partial charge is 0.493 e. The number of aromatic carboxylic acids is 1. The van der Waals surface area contributed by atoms with Crippen LogP contribution in [0.2, 0.25) is 0 Å². The fraction of sp³-hybridized carbons (Fsp3) is 0.500. The van der Waals surface area contributed by atoms with Crippen molar-refractivity contribution in [2.24, 2.45) is 5.92 Å². The minimum atomic E-state index is -1.11. The molecule has 1 saturated carbocycles. The van der Waals surface area contributed by atoms with Crippen molar-refractivity contribution in [1.82, 2.24) is 9.88 Å². The summed E-state index contributed by atoms with van der Waals surface area (Å²) >= 11 is 0. The molecule has 176 valence electrons. The predicted molar refractivity (Wildman–Crippen MR) is 130 cm³/mol. The van der Waals surface area contributed by atoms with Gasteiger partial charge in [-0.2, -0.15) is 0 Å². The molecule has 0 radical (unpaired) electrons. The Bertz CT molecular complexity index is 952. The highest BCUT2D eigenvalue weighted by Crippen LogP contribution is 2.37. The van der Waals surface area contributed by atoms with Gasteiger partial charge in [-0.3, -0.25) is 0 Å². The van der Waals surface area contributed by atoms with Crippen molar-refractivity contribution in [3.05, 3.63) is 47.7 Å².